The molecule has 1 aliphatic rings. The van der Waals surface area contributed by atoms with E-state index in [1.807, 2.05) is 36.4 Å². The monoisotopic (exact) mass is 602 g/mol. The lowest BCUT2D eigenvalue weighted by Gasteiger charge is -2.24. The van der Waals surface area contributed by atoms with E-state index in [2.05, 4.69) is 86.0 Å². The fourth-order valence-electron chi connectivity index (χ4n) is 5.09. The van der Waals surface area contributed by atoms with Gasteiger partial charge in [-0.25, -0.2) is 0 Å². The van der Waals surface area contributed by atoms with Crippen LogP contribution in [0.15, 0.2) is 95.5 Å². The highest BCUT2D eigenvalue weighted by molar-refractivity contribution is 5.62. The summed E-state index contributed by atoms with van der Waals surface area (Å²) in [6.45, 7) is 13.2. The van der Waals surface area contributed by atoms with Gasteiger partial charge in [-0.1, -0.05) is 89.8 Å². The van der Waals surface area contributed by atoms with Crippen molar-refractivity contribution in [3.63, 3.8) is 0 Å². The van der Waals surface area contributed by atoms with Gasteiger partial charge >= 0.3 is 0 Å². The minimum Gasteiger partial charge on any atom is -0.457 e. The Balaban J connectivity index is 1.76. The zero-order valence-electron chi connectivity index (χ0n) is 27.8. The molecule has 0 saturated heterocycles. The van der Waals surface area contributed by atoms with Crippen molar-refractivity contribution in [2.75, 3.05) is 36.0 Å². The lowest BCUT2D eigenvalue weighted by Crippen LogP contribution is -2.25. The van der Waals surface area contributed by atoms with E-state index in [9.17, 15) is 10.5 Å². The number of hydrogen-bond acceptors (Lipinski definition) is 5. The van der Waals surface area contributed by atoms with Gasteiger partial charge in [0.2, 0.25) is 0 Å². The van der Waals surface area contributed by atoms with E-state index in [1.165, 1.54) is 62.7 Å². The number of allylic oxidation sites excluding steroid dienone is 6. The Kier molecular flexibility index (Phi) is 15.3. The number of nitrogens with zero attached hydrogens (tertiary/aromatic N) is 4. The first-order valence-corrected chi connectivity index (χ1v) is 16.8. The maximum atomic E-state index is 9.55. The topological polar surface area (TPSA) is 63.3 Å². The maximum absolute atomic E-state index is 9.55. The molecule has 0 unspecified atom stereocenters. The molecule has 3 rings (SSSR count). The molecule has 5 nitrogen and oxygen atoms in total. The van der Waals surface area contributed by atoms with Crippen LogP contribution in [0.25, 0.3) is 12.2 Å². The van der Waals surface area contributed by atoms with E-state index < -0.39 is 0 Å². The van der Waals surface area contributed by atoms with Gasteiger partial charge in [0.25, 0.3) is 0 Å². The van der Waals surface area contributed by atoms with E-state index in [0.29, 0.717) is 17.1 Å². The van der Waals surface area contributed by atoms with Gasteiger partial charge in [0.1, 0.15) is 29.2 Å². The molecule has 2 aromatic rings. The molecule has 0 aliphatic carbocycles. The van der Waals surface area contributed by atoms with Crippen LogP contribution in [-0.4, -0.2) is 26.2 Å². The van der Waals surface area contributed by atoms with Gasteiger partial charge in [0, 0.05) is 43.1 Å². The molecule has 236 valence electrons. The quantitative estimate of drug-likeness (QED) is 0.159. The van der Waals surface area contributed by atoms with Crippen molar-refractivity contribution in [1.82, 2.24) is 0 Å². The number of hydrogen-bond donors (Lipinski definition) is 0. The summed E-state index contributed by atoms with van der Waals surface area (Å²) in [6, 6.07) is 21.3. The third kappa shape index (κ3) is 11.5. The van der Waals surface area contributed by atoms with Crippen LogP contribution in [-0.2, 0) is 4.74 Å². The number of ether oxygens (including phenoxy) is 1. The molecule has 5 heteroatoms. The summed E-state index contributed by atoms with van der Waals surface area (Å²) < 4.78 is 6.18. The predicted octanol–water partition coefficient (Wildman–Crippen LogP) is 10.4. The molecule has 0 fully saturated rings. The zero-order valence-corrected chi connectivity index (χ0v) is 27.8. The number of anilines is 2. The summed E-state index contributed by atoms with van der Waals surface area (Å²) in [6.07, 6.45) is 20.8. The molecule has 0 radical (unpaired) electrons. The second-order valence-corrected chi connectivity index (χ2v) is 11.5. The van der Waals surface area contributed by atoms with Gasteiger partial charge in [-0.2, -0.15) is 10.5 Å². The minimum absolute atomic E-state index is 0.0577. The van der Waals surface area contributed by atoms with Gasteiger partial charge in [-0.15, -0.1) is 0 Å². The van der Waals surface area contributed by atoms with Crippen molar-refractivity contribution in [2.24, 2.45) is 0 Å². The molecule has 0 bridgehead atoms. The van der Waals surface area contributed by atoms with Crippen LogP contribution in [0.5, 0.6) is 0 Å². The summed E-state index contributed by atoms with van der Waals surface area (Å²) >= 11 is 0. The van der Waals surface area contributed by atoms with Crippen LogP contribution in [0.4, 0.5) is 11.4 Å². The summed E-state index contributed by atoms with van der Waals surface area (Å²) in [4.78, 5) is 4.95. The number of nitriles is 2. The van der Waals surface area contributed by atoms with E-state index >= 15 is 0 Å². The molecule has 0 saturated carbocycles. The van der Waals surface area contributed by atoms with E-state index in [-0.39, 0.29) is 5.57 Å². The van der Waals surface area contributed by atoms with Gasteiger partial charge in [-0.05, 0) is 85.4 Å². The second-order valence-electron chi connectivity index (χ2n) is 11.5. The number of benzene rings is 2. The zero-order chi connectivity index (χ0) is 32.3. The average molecular weight is 603 g/mol. The number of rotatable bonds is 18. The van der Waals surface area contributed by atoms with Crippen LogP contribution in [0.1, 0.15) is 90.2 Å². The summed E-state index contributed by atoms with van der Waals surface area (Å²) in [5.74, 6) is 1.15. The fourth-order valence-corrected chi connectivity index (χ4v) is 5.09. The van der Waals surface area contributed by atoms with Crippen molar-refractivity contribution in [1.29, 1.82) is 10.5 Å². The molecule has 0 N–H and O–H groups in total. The molecular formula is C40H50N4O. The first kappa shape index (κ1) is 35.0. The highest BCUT2D eigenvalue weighted by atomic mass is 16.5. The molecule has 0 amide bonds. The Morgan fingerprint density at radius 1 is 0.578 bits per heavy atom. The molecule has 45 heavy (non-hydrogen) atoms. The predicted molar refractivity (Wildman–Crippen MR) is 191 cm³/mol. The SMILES string of the molecule is CCCCN(CCCC)c1ccc(C=CC2=CC(=C(C#N)C#N)C=C(C=Cc3ccc(N(CCCC)CCCC)cc3)O2)cc1. The van der Waals surface area contributed by atoms with Gasteiger partial charge in [0.05, 0.1) is 0 Å². The average Bonchev–Trinajstić information content (AvgIpc) is 3.08. The second kappa shape index (κ2) is 19.7. The third-order valence-corrected chi connectivity index (χ3v) is 7.87. The van der Waals surface area contributed by atoms with Gasteiger partial charge in [0.15, 0.2) is 0 Å². The molecule has 0 aromatic heterocycles. The smallest absolute Gasteiger partial charge is 0.137 e. The standard InChI is InChI=1S/C40H50N4O/c1-5-9-25-43(26-10-6-2)37-19-13-33(14-20-37)17-23-39-29-35(36(31-41)32-42)30-40(45-39)24-18-34-15-21-38(22-16-34)44(27-11-7-3)28-12-8-4/h13-24,29-30H,5-12,25-28H2,1-4H3. The highest BCUT2D eigenvalue weighted by Crippen LogP contribution is 2.26. The van der Waals surface area contributed by atoms with Crippen molar-refractivity contribution in [3.8, 4) is 12.1 Å². The van der Waals surface area contributed by atoms with Gasteiger partial charge < -0.3 is 14.5 Å². The first-order valence-electron chi connectivity index (χ1n) is 16.8. The van der Waals surface area contributed by atoms with E-state index in [4.69, 9.17) is 4.74 Å². The molecule has 0 atom stereocenters. The Morgan fingerprint density at radius 2 is 0.933 bits per heavy atom. The lowest BCUT2D eigenvalue weighted by molar-refractivity contribution is 0.332. The Bertz CT molecular complexity index is 1310. The minimum atomic E-state index is 0.0577. The largest absolute Gasteiger partial charge is 0.457 e. The maximum Gasteiger partial charge on any atom is 0.137 e. The Morgan fingerprint density at radius 3 is 1.24 bits per heavy atom. The van der Waals surface area contributed by atoms with Crippen LogP contribution >= 0.6 is 0 Å². The van der Waals surface area contributed by atoms with Gasteiger partial charge in [-0.3, -0.25) is 0 Å². The number of unbranched alkanes of at least 4 members (excludes halogenated alkanes) is 4. The third-order valence-electron chi connectivity index (χ3n) is 7.87. The first-order chi connectivity index (χ1) is 22.0. The Labute approximate surface area is 272 Å². The van der Waals surface area contributed by atoms with Crippen LogP contribution in [0.2, 0.25) is 0 Å². The van der Waals surface area contributed by atoms with Crippen molar-refractivity contribution < 1.29 is 4.74 Å². The summed E-state index contributed by atoms with van der Waals surface area (Å²) in [5.41, 5.74) is 5.21. The highest BCUT2D eigenvalue weighted by Gasteiger charge is 2.12. The van der Waals surface area contributed by atoms with Crippen molar-refractivity contribution in [2.45, 2.75) is 79.1 Å². The van der Waals surface area contributed by atoms with Crippen LogP contribution < -0.4 is 9.80 Å². The summed E-state index contributed by atoms with van der Waals surface area (Å²) in [7, 11) is 0. The van der Waals surface area contributed by atoms with Crippen molar-refractivity contribution >= 4 is 23.5 Å². The molecule has 0 spiro atoms. The summed E-state index contributed by atoms with van der Waals surface area (Å²) in [5, 5.41) is 19.1. The van der Waals surface area contributed by atoms with E-state index in [0.717, 1.165) is 37.3 Å². The lowest BCUT2D eigenvalue weighted by atomic mass is 10.0. The molecule has 1 aliphatic heterocycles. The Hall–Kier alpha value is -4.48. The van der Waals surface area contributed by atoms with Crippen LogP contribution in [0, 0.1) is 22.7 Å². The van der Waals surface area contributed by atoms with Crippen LogP contribution in [0.3, 0.4) is 0 Å². The van der Waals surface area contributed by atoms with Crippen molar-refractivity contribution in [3.05, 3.63) is 107 Å². The molecule has 2 aromatic carbocycles. The molecule has 1 heterocycles. The fraction of sp³-hybridized carbons (Fsp3) is 0.400. The van der Waals surface area contributed by atoms with E-state index in [1.54, 1.807) is 12.2 Å². The molecular weight excluding hydrogens is 552 g/mol. The normalized spacial score (nSPS) is 12.8.